The van der Waals surface area contributed by atoms with Crippen molar-refractivity contribution >= 4 is 43.1 Å². The van der Waals surface area contributed by atoms with Crippen LogP contribution in [0.2, 0.25) is 0 Å². The van der Waals surface area contributed by atoms with Crippen LogP contribution in [0.1, 0.15) is 13.7 Å². The van der Waals surface area contributed by atoms with E-state index >= 15 is 0 Å². The van der Waals surface area contributed by atoms with Gasteiger partial charge in [-0.15, -0.1) is 0 Å². The van der Waals surface area contributed by atoms with E-state index in [1.54, 1.807) is 12.1 Å². The lowest BCUT2D eigenvalue weighted by Gasteiger charge is -2.23. The van der Waals surface area contributed by atoms with Gasteiger partial charge in [0.1, 0.15) is 11.5 Å². The van der Waals surface area contributed by atoms with Crippen molar-refractivity contribution in [2.45, 2.75) is 0 Å². The molecule has 1 aliphatic heterocycles. The van der Waals surface area contributed by atoms with Crippen molar-refractivity contribution in [1.29, 1.82) is 0 Å². The molecule has 0 fully saturated rings. The molecule has 0 N–H and O–H groups in total. The van der Waals surface area contributed by atoms with Gasteiger partial charge in [0.25, 0.3) is 0 Å². The van der Waals surface area contributed by atoms with Gasteiger partial charge in [0.2, 0.25) is 0 Å². The van der Waals surface area contributed by atoms with Gasteiger partial charge in [-0.3, -0.25) is 0 Å². The molecule has 0 unspecified atom stereocenters. The fourth-order valence-corrected chi connectivity index (χ4v) is 8.04. The monoisotopic (exact) mass is 682 g/mol. The predicted octanol–water partition coefficient (Wildman–Crippen LogP) is 14.7. The van der Waals surface area contributed by atoms with Gasteiger partial charge in [0.15, 0.2) is 0 Å². The Bertz CT molecular complexity index is 3610. The third kappa shape index (κ3) is 4.79. The van der Waals surface area contributed by atoms with Gasteiger partial charge in [-0.2, -0.15) is 0 Å². The minimum absolute atomic E-state index is 0.0912. The van der Waals surface area contributed by atoms with Crippen molar-refractivity contribution < 1.29 is 18.4 Å². The fourth-order valence-electron chi connectivity index (χ4n) is 8.04. The van der Waals surface area contributed by atoms with Gasteiger partial charge in [-0.05, 0) is 130 Å². The minimum atomic E-state index is -0.457. The molecule has 0 spiro atoms. The second-order valence-corrected chi connectivity index (χ2v) is 13.3. The summed E-state index contributed by atoms with van der Waals surface area (Å²) in [5, 5.41) is 7.99. The average Bonchev–Trinajstić information content (AvgIpc) is 3.30. The molecule has 0 amide bonds. The molecule has 1 heterocycles. The van der Waals surface area contributed by atoms with E-state index < -0.39 is 36.3 Å². The highest BCUT2D eigenvalue weighted by atomic mass is 16.5. The molecular weight excluding hydrogens is 641 g/mol. The lowest BCUT2D eigenvalue weighted by molar-refractivity contribution is 0.487. The summed E-state index contributed by atoms with van der Waals surface area (Å²) in [6.07, 6.45) is 0. The number of benzene rings is 10. The molecular formula is C52H32O. The number of ether oxygens (including phenoxy) is 1. The molecule has 1 heteroatoms. The van der Waals surface area contributed by atoms with Gasteiger partial charge < -0.3 is 4.74 Å². The summed E-state index contributed by atoms with van der Waals surface area (Å²) in [6.45, 7) is 0. The Hall–Kier alpha value is -6.96. The normalized spacial score (nSPS) is 14.6. The number of fused-ring (bicyclic) bond motifs is 6. The van der Waals surface area contributed by atoms with E-state index in [1.165, 1.54) is 0 Å². The Kier molecular flexibility index (Phi) is 4.77. The number of rotatable bonds is 4. The highest BCUT2D eigenvalue weighted by Crippen LogP contribution is 2.50. The number of hydrogen-bond donors (Lipinski definition) is 0. The average molecular weight is 683 g/mol. The molecule has 10 aromatic rings. The van der Waals surface area contributed by atoms with Crippen LogP contribution < -0.4 is 4.74 Å². The first-order chi connectivity index (χ1) is 30.4. The standard InChI is InChI=1S/C52H32O/c1-3-12-33(13-4-1)36-24-25-45-47-21-11-20-46-42(26-27-48(52(46)47)53-49(45)32-36)40-29-39(34-14-5-2-6-15-34)30-41(31-40)51-44-19-10-8-17-37(44)28-38-23-22-35-16-7-9-18-43(35)50(38)51/h1-32H/i1D,2D,3D,4D,5D,6D,12D,13D,14D,15D. The van der Waals surface area contributed by atoms with Crippen LogP contribution in [0.15, 0.2) is 194 Å². The number of hydrogen-bond acceptors (Lipinski definition) is 1. The maximum absolute atomic E-state index is 9.07. The first kappa shape index (κ1) is 21.4. The van der Waals surface area contributed by atoms with Gasteiger partial charge in [-0.25, -0.2) is 0 Å². The molecule has 11 rings (SSSR count). The zero-order valence-corrected chi connectivity index (χ0v) is 28.1. The molecule has 0 atom stereocenters. The molecule has 0 radical (unpaired) electrons. The van der Waals surface area contributed by atoms with Crippen LogP contribution >= 0.6 is 0 Å². The minimum Gasteiger partial charge on any atom is -0.456 e. The Morgan fingerprint density at radius 1 is 0.340 bits per heavy atom. The molecule has 0 bridgehead atoms. The SMILES string of the molecule is [2H]c1c([2H])c([2H])c(-c2cc(-c3ccc4c5c(cccc35)-c3ccc(-c5c([2H])c([2H])c([2H])c([2H])c5[2H])cc3O4)cc(-c3c4ccccc4cc4ccc5ccccc5c34)c2)c([2H])c1[2H]. The molecule has 0 saturated heterocycles. The van der Waals surface area contributed by atoms with E-state index in [0.717, 1.165) is 76.5 Å². The molecule has 1 nitrogen and oxygen atoms in total. The van der Waals surface area contributed by atoms with Crippen molar-refractivity contribution in [2.75, 3.05) is 0 Å². The molecule has 53 heavy (non-hydrogen) atoms. The van der Waals surface area contributed by atoms with Crippen LogP contribution in [-0.4, -0.2) is 0 Å². The first-order valence-electron chi connectivity index (χ1n) is 22.4. The summed E-state index contributed by atoms with van der Waals surface area (Å²) in [5.41, 5.74) is 6.13. The van der Waals surface area contributed by atoms with Crippen molar-refractivity contribution in [2.24, 2.45) is 0 Å². The fraction of sp³-hybridized carbons (Fsp3) is 0. The first-order valence-corrected chi connectivity index (χ1v) is 17.4. The summed E-state index contributed by atoms with van der Waals surface area (Å²) >= 11 is 0. The van der Waals surface area contributed by atoms with E-state index in [4.69, 9.17) is 18.4 Å². The predicted molar refractivity (Wildman–Crippen MR) is 224 cm³/mol. The van der Waals surface area contributed by atoms with Gasteiger partial charge >= 0.3 is 0 Å². The Morgan fingerprint density at radius 2 is 1.00 bits per heavy atom. The molecule has 1 aliphatic rings. The van der Waals surface area contributed by atoms with Crippen LogP contribution in [0.3, 0.4) is 0 Å². The third-order valence-corrected chi connectivity index (χ3v) is 10.4. The zero-order chi connectivity index (χ0) is 43.6. The summed E-state index contributed by atoms with van der Waals surface area (Å²) in [5.74, 6) is 1.05. The zero-order valence-electron chi connectivity index (χ0n) is 38.1. The van der Waals surface area contributed by atoms with Crippen molar-refractivity contribution in [1.82, 2.24) is 0 Å². The topological polar surface area (TPSA) is 9.23 Å². The van der Waals surface area contributed by atoms with E-state index in [2.05, 4.69) is 48.5 Å². The van der Waals surface area contributed by atoms with Crippen LogP contribution in [0, 0.1) is 0 Å². The summed E-state index contributed by atoms with van der Waals surface area (Å²) in [4.78, 5) is 0. The van der Waals surface area contributed by atoms with E-state index in [1.807, 2.05) is 72.8 Å². The third-order valence-electron chi connectivity index (χ3n) is 10.4. The highest BCUT2D eigenvalue weighted by Gasteiger charge is 2.23. The van der Waals surface area contributed by atoms with Crippen LogP contribution in [0.5, 0.6) is 11.5 Å². The lowest BCUT2D eigenvalue weighted by Crippen LogP contribution is -1.98. The Morgan fingerprint density at radius 3 is 1.83 bits per heavy atom. The lowest BCUT2D eigenvalue weighted by atomic mass is 9.85. The van der Waals surface area contributed by atoms with Crippen molar-refractivity contribution in [3.8, 4) is 67.1 Å². The van der Waals surface area contributed by atoms with Crippen LogP contribution in [0.4, 0.5) is 0 Å². The summed E-state index contributed by atoms with van der Waals surface area (Å²) in [6, 6.07) is 40.3. The Labute approximate surface area is 322 Å². The van der Waals surface area contributed by atoms with E-state index in [9.17, 15) is 0 Å². The van der Waals surface area contributed by atoms with Crippen LogP contribution in [0.25, 0.3) is 98.7 Å². The molecule has 246 valence electrons. The quantitative estimate of drug-likeness (QED) is 0.133. The summed E-state index contributed by atoms with van der Waals surface area (Å²) < 4.78 is 92.0. The van der Waals surface area contributed by atoms with Gasteiger partial charge in [0.05, 0.1) is 13.7 Å². The smallest absolute Gasteiger partial charge is 0.135 e. The Balaban J connectivity index is 1.18. The molecule has 0 saturated carbocycles. The molecule has 10 aromatic carbocycles. The second kappa shape index (κ2) is 11.8. The maximum atomic E-state index is 9.07. The highest BCUT2D eigenvalue weighted by molar-refractivity contribution is 6.22. The van der Waals surface area contributed by atoms with Gasteiger partial charge in [0, 0.05) is 10.9 Å². The summed E-state index contributed by atoms with van der Waals surface area (Å²) in [7, 11) is 0. The molecule has 0 aromatic heterocycles. The molecule has 0 aliphatic carbocycles. The van der Waals surface area contributed by atoms with E-state index in [0.29, 0.717) is 22.6 Å². The second-order valence-electron chi connectivity index (χ2n) is 13.3. The van der Waals surface area contributed by atoms with Crippen LogP contribution in [-0.2, 0) is 0 Å². The van der Waals surface area contributed by atoms with Crippen molar-refractivity contribution in [3.63, 3.8) is 0 Å². The van der Waals surface area contributed by atoms with E-state index in [-0.39, 0.29) is 35.3 Å². The maximum Gasteiger partial charge on any atom is 0.135 e. The van der Waals surface area contributed by atoms with Crippen molar-refractivity contribution in [3.05, 3.63) is 194 Å². The van der Waals surface area contributed by atoms with Gasteiger partial charge in [-0.1, -0.05) is 151 Å². The largest absolute Gasteiger partial charge is 0.456 e.